The van der Waals surface area contributed by atoms with E-state index in [0.717, 1.165) is 0 Å². The van der Waals surface area contributed by atoms with Crippen molar-refractivity contribution < 1.29 is 34.4 Å². The van der Waals surface area contributed by atoms with Crippen molar-refractivity contribution in [1.29, 1.82) is 0 Å². The third-order valence-corrected chi connectivity index (χ3v) is 7.07. The summed E-state index contributed by atoms with van der Waals surface area (Å²) in [6.45, 7) is 10.9. The molecule has 1 aromatic heterocycles. The van der Waals surface area contributed by atoms with E-state index in [1.165, 1.54) is 0 Å². The van der Waals surface area contributed by atoms with E-state index in [0.29, 0.717) is 38.5 Å². The lowest BCUT2D eigenvalue weighted by molar-refractivity contribution is 0.0918. The van der Waals surface area contributed by atoms with Gasteiger partial charge in [0.05, 0.1) is 10.8 Å². The molecule has 0 bridgehead atoms. The zero-order valence-corrected chi connectivity index (χ0v) is 21.4. The Kier molecular flexibility index (Phi) is 7.68. The van der Waals surface area contributed by atoms with E-state index >= 15 is 0 Å². The minimum atomic E-state index is -0.435. The fourth-order valence-electron chi connectivity index (χ4n) is 4.57. The highest BCUT2D eigenvalue weighted by Crippen LogP contribution is 2.52. The fraction of sp³-hybridized carbons (Fsp3) is 0.500. The standard InChI is InChI=1S/C28H36O7/c1-7-11-15-23(31)17-18-24(32)16(12-8-2)26(34)20(22(30)14(6)10-4)28(18)35-27(17)19(25(15)33)21(29)13(5)9-3/h13-14,31-34H,7-12H2,1-6H3. The summed E-state index contributed by atoms with van der Waals surface area (Å²) in [6.07, 6.45) is 2.81. The van der Waals surface area contributed by atoms with Gasteiger partial charge in [-0.2, -0.15) is 0 Å². The number of fused-ring (bicyclic) bond motifs is 3. The largest absolute Gasteiger partial charge is 0.507 e. The number of Topliss-reactive ketones (excluding diaryl/α,β-unsaturated/α-hetero) is 2. The number of phenols is 4. The van der Waals surface area contributed by atoms with Crippen molar-refractivity contribution in [2.45, 2.75) is 80.1 Å². The molecule has 0 spiro atoms. The van der Waals surface area contributed by atoms with E-state index in [9.17, 15) is 30.0 Å². The van der Waals surface area contributed by atoms with Crippen molar-refractivity contribution >= 4 is 33.5 Å². The SMILES string of the molecule is CCCc1c(O)c(C(=O)C(C)CC)c2oc3c(C(=O)C(C)CC)c(O)c(CCC)c(O)c3c2c1O. The molecule has 0 aliphatic rings. The summed E-state index contributed by atoms with van der Waals surface area (Å²) < 4.78 is 6.05. The summed E-state index contributed by atoms with van der Waals surface area (Å²) in [6, 6.07) is 0. The van der Waals surface area contributed by atoms with E-state index in [1.807, 2.05) is 27.7 Å². The summed E-state index contributed by atoms with van der Waals surface area (Å²) >= 11 is 0. The smallest absolute Gasteiger partial charge is 0.173 e. The number of hydrogen-bond acceptors (Lipinski definition) is 7. The van der Waals surface area contributed by atoms with Gasteiger partial charge in [-0.3, -0.25) is 9.59 Å². The van der Waals surface area contributed by atoms with Gasteiger partial charge in [0.2, 0.25) is 0 Å². The van der Waals surface area contributed by atoms with Gasteiger partial charge in [-0.1, -0.05) is 54.4 Å². The summed E-state index contributed by atoms with van der Waals surface area (Å²) in [5.74, 6) is -2.90. The van der Waals surface area contributed by atoms with Gasteiger partial charge in [0.25, 0.3) is 0 Å². The number of carbonyl (C=O) groups excluding carboxylic acids is 2. The first-order valence-electron chi connectivity index (χ1n) is 12.5. The highest BCUT2D eigenvalue weighted by atomic mass is 16.3. The van der Waals surface area contributed by atoms with Crippen LogP contribution in [0.1, 0.15) is 99.1 Å². The van der Waals surface area contributed by atoms with Gasteiger partial charge in [0.1, 0.15) is 34.1 Å². The second-order valence-corrected chi connectivity index (χ2v) is 9.46. The van der Waals surface area contributed by atoms with Gasteiger partial charge in [0, 0.05) is 23.0 Å². The number of ketones is 2. The summed E-state index contributed by atoms with van der Waals surface area (Å²) in [5.41, 5.74) is 0.0279. The van der Waals surface area contributed by atoms with Crippen LogP contribution in [0.5, 0.6) is 23.0 Å². The first-order chi connectivity index (χ1) is 16.6. The van der Waals surface area contributed by atoms with Crippen LogP contribution < -0.4 is 0 Å². The Bertz CT molecular complexity index is 1200. The van der Waals surface area contributed by atoms with E-state index < -0.39 is 11.8 Å². The van der Waals surface area contributed by atoms with Crippen LogP contribution in [-0.2, 0) is 12.8 Å². The molecule has 2 atom stereocenters. The molecular formula is C28H36O7. The third kappa shape index (κ3) is 4.11. The molecular weight excluding hydrogens is 448 g/mol. The Morgan fingerprint density at radius 2 is 1.00 bits per heavy atom. The van der Waals surface area contributed by atoms with Gasteiger partial charge < -0.3 is 24.8 Å². The molecule has 2 unspecified atom stereocenters. The van der Waals surface area contributed by atoms with E-state index in [1.54, 1.807) is 13.8 Å². The Morgan fingerprint density at radius 3 is 1.29 bits per heavy atom. The minimum Gasteiger partial charge on any atom is -0.507 e. The molecule has 0 radical (unpaired) electrons. The quantitative estimate of drug-likeness (QED) is 0.234. The van der Waals surface area contributed by atoms with Crippen LogP contribution in [-0.4, -0.2) is 32.0 Å². The first-order valence-corrected chi connectivity index (χ1v) is 12.5. The molecule has 0 saturated heterocycles. The second kappa shape index (κ2) is 10.2. The van der Waals surface area contributed by atoms with Gasteiger partial charge >= 0.3 is 0 Å². The normalized spacial score (nSPS) is 13.4. The predicted molar refractivity (Wildman–Crippen MR) is 136 cm³/mol. The maximum absolute atomic E-state index is 13.4. The van der Waals surface area contributed by atoms with Crippen LogP contribution in [0.3, 0.4) is 0 Å². The topological polar surface area (TPSA) is 128 Å². The third-order valence-electron chi connectivity index (χ3n) is 7.07. The number of aromatic hydroxyl groups is 4. The van der Waals surface area contributed by atoms with Gasteiger partial charge in [-0.05, 0) is 25.7 Å². The van der Waals surface area contributed by atoms with Gasteiger partial charge in [-0.15, -0.1) is 0 Å². The number of carbonyl (C=O) groups is 2. The minimum absolute atomic E-state index is 0.0703. The van der Waals surface area contributed by atoms with Crippen LogP contribution in [0.4, 0.5) is 0 Å². The van der Waals surface area contributed by atoms with Crippen LogP contribution in [0.15, 0.2) is 4.42 Å². The van der Waals surface area contributed by atoms with Crippen molar-refractivity contribution in [3.8, 4) is 23.0 Å². The van der Waals surface area contributed by atoms with Crippen LogP contribution in [0.25, 0.3) is 21.9 Å². The lowest BCUT2D eigenvalue weighted by atomic mass is 9.89. The lowest BCUT2D eigenvalue weighted by Crippen LogP contribution is -2.12. The molecule has 7 heteroatoms. The van der Waals surface area contributed by atoms with Crippen molar-refractivity contribution in [3.63, 3.8) is 0 Å². The summed E-state index contributed by atoms with van der Waals surface area (Å²) in [5, 5.41) is 44.8. The average molecular weight is 485 g/mol. The molecule has 3 rings (SSSR count). The monoisotopic (exact) mass is 484 g/mol. The number of furan rings is 1. The maximum atomic E-state index is 13.4. The molecule has 7 nitrogen and oxygen atoms in total. The fourth-order valence-corrected chi connectivity index (χ4v) is 4.57. The molecule has 0 aliphatic carbocycles. The molecule has 3 aromatic rings. The van der Waals surface area contributed by atoms with Gasteiger partial charge in [-0.25, -0.2) is 0 Å². The number of hydrogen-bond donors (Lipinski definition) is 4. The number of rotatable bonds is 10. The van der Waals surface area contributed by atoms with Crippen LogP contribution in [0.2, 0.25) is 0 Å². The summed E-state index contributed by atoms with van der Waals surface area (Å²) in [7, 11) is 0. The van der Waals surface area contributed by atoms with Crippen molar-refractivity contribution in [2.24, 2.45) is 11.8 Å². The molecule has 0 fully saturated rings. The molecule has 0 aliphatic heterocycles. The maximum Gasteiger partial charge on any atom is 0.173 e. The second-order valence-electron chi connectivity index (χ2n) is 9.46. The number of phenolic OH excluding ortho intramolecular Hbond substituents is 4. The molecule has 190 valence electrons. The number of benzene rings is 2. The first kappa shape index (κ1) is 26.4. The predicted octanol–water partition coefficient (Wildman–Crippen LogP) is 6.77. The molecule has 35 heavy (non-hydrogen) atoms. The molecule has 4 N–H and O–H groups in total. The lowest BCUT2D eigenvalue weighted by Gasteiger charge is -2.15. The molecule has 2 aromatic carbocycles. The highest BCUT2D eigenvalue weighted by Gasteiger charge is 2.34. The summed E-state index contributed by atoms with van der Waals surface area (Å²) in [4.78, 5) is 26.7. The molecule has 1 heterocycles. The van der Waals surface area contributed by atoms with Crippen LogP contribution in [0, 0.1) is 11.8 Å². The van der Waals surface area contributed by atoms with Crippen molar-refractivity contribution in [3.05, 3.63) is 22.3 Å². The Labute approximate surface area is 205 Å². The Hall–Kier alpha value is -3.22. The highest BCUT2D eigenvalue weighted by molar-refractivity contribution is 6.24. The average Bonchev–Trinajstić information content (AvgIpc) is 3.23. The Balaban J connectivity index is 2.65. The zero-order chi connectivity index (χ0) is 26.2. The van der Waals surface area contributed by atoms with Crippen molar-refractivity contribution in [1.82, 2.24) is 0 Å². The van der Waals surface area contributed by atoms with Gasteiger partial charge in [0.15, 0.2) is 22.7 Å². The van der Waals surface area contributed by atoms with E-state index in [-0.39, 0.29) is 78.8 Å². The van der Waals surface area contributed by atoms with E-state index in [4.69, 9.17) is 4.42 Å². The molecule has 0 amide bonds. The van der Waals surface area contributed by atoms with Crippen LogP contribution >= 0.6 is 0 Å². The van der Waals surface area contributed by atoms with E-state index in [2.05, 4.69) is 0 Å². The van der Waals surface area contributed by atoms with Crippen molar-refractivity contribution in [2.75, 3.05) is 0 Å². The molecule has 0 saturated carbocycles. The Morgan fingerprint density at radius 1 is 0.657 bits per heavy atom. The zero-order valence-electron chi connectivity index (χ0n) is 21.4.